The van der Waals surface area contributed by atoms with Crippen molar-refractivity contribution in [2.24, 2.45) is 17.8 Å². The maximum atomic E-state index is 14.4. The molecular formula is C35H26BrCl2N3O7. The Kier molecular flexibility index (Phi) is 7.07. The van der Waals surface area contributed by atoms with Crippen LogP contribution in [-0.4, -0.2) is 60.9 Å². The molecule has 48 heavy (non-hydrogen) atoms. The molecule has 2 aliphatic carbocycles. The number of para-hydroxylation sites is 2. The van der Waals surface area contributed by atoms with Gasteiger partial charge in [-0.1, -0.05) is 45.8 Å². The summed E-state index contributed by atoms with van der Waals surface area (Å²) in [5.41, 5.74) is 3.41. The first-order chi connectivity index (χ1) is 23.0. The number of aromatic hydroxyl groups is 1. The van der Waals surface area contributed by atoms with Crippen molar-refractivity contribution < 1.29 is 33.4 Å². The summed E-state index contributed by atoms with van der Waals surface area (Å²) in [6, 6.07) is 18.8. The van der Waals surface area contributed by atoms with Crippen molar-refractivity contribution in [3.05, 3.63) is 83.9 Å². The zero-order valence-electron chi connectivity index (χ0n) is 25.2. The second-order valence-corrected chi connectivity index (χ2v) is 14.2. The van der Waals surface area contributed by atoms with Crippen molar-refractivity contribution in [2.45, 2.75) is 28.5 Å². The number of carbonyl (C=O) groups excluding carboxylic acids is 4. The van der Waals surface area contributed by atoms with Gasteiger partial charge in [-0.05, 0) is 72.9 Å². The quantitative estimate of drug-likeness (QED) is 0.112. The van der Waals surface area contributed by atoms with E-state index >= 15 is 0 Å². The zero-order valence-corrected chi connectivity index (χ0v) is 28.3. The molecule has 10 nitrogen and oxygen atoms in total. The number of aromatic nitrogens is 1. The lowest BCUT2D eigenvalue weighted by Gasteiger charge is -2.50. The van der Waals surface area contributed by atoms with E-state index in [4.69, 9.17) is 32.4 Å². The molecule has 2 saturated heterocycles. The predicted octanol–water partition coefficient (Wildman–Crippen LogP) is 6.12. The average molecular weight is 751 g/mol. The van der Waals surface area contributed by atoms with E-state index in [0.717, 1.165) is 4.90 Å². The number of nitrogens with zero attached hydrogens (tertiary/aromatic N) is 3. The number of amides is 4. The SMILES string of the molecule is COc1cc(C2C3=CCC4C(=O)N(c5ccc(-c6nc7ccccc7o6)cc5)C(=O)C4C3CC3(Cl)C(=O)N(CBr)C(=O)C23Cl)ccc1O. The van der Waals surface area contributed by atoms with Gasteiger partial charge in [0, 0.05) is 11.5 Å². The third-order valence-corrected chi connectivity index (χ3v) is 12.1. The van der Waals surface area contributed by atoms with E-state index in [9.17, 15) is 24.3 Å². The smallest absolute Gasteiger partial charge is 0.254 e. The molecule has 8 rings (SSSR count). The number of imide groups is 2. The molecule has 0 bridgehead atoms. The van der Waals surface area contributed by atoms with Crippen LogP contribution in [0.2, 0.25) is 0 Å². The molecule has 2 aliphatic heterocycles. The molecule has 244 valence electrons. The number of phenolic OH excluding ortho intramolecular Hbond substituents is 1. The zero-order chi connectivity index (χ0) is 33.7. The molecule has 4 aromatic rings. The Balaban J connectivity index is 1.19. The Morgan fingerprint density at radius 1 is 1.00 bits per heavy atom. The van der Waals surface area contributed by atoms with Crippen molar-refractivity contribution in [1.29, 1.82) is 0 Å². The van der Waals surface area contributed by atoms with Crippen molar-refractivity contribution in [1.82, 2.24) is 9.88 Å². The third-order valence-electron chi connectivity index (χ3n) is 10.2. The number of ether oxygens (including phenoxy) is 1. The number of allylic oxidation sites excluding steroid dienone is 2. The fourth-order valence-electron chi connectivity index (χ4n) is 8.00. The summed E-state index contributed by atoms with van der Waals surface area (Å²) >= 11 is 17.8. The minimum Gasteiger partial charge on any atom is -0.504 e. The molecule has 6 atom stereocenters. The van der Waals surface area contributed by atoms with E-state index in [1.807, 2.05) is 30.3 Å². The lowest BCUT2D eigenvalue weighted by atomic mass is 9.56. The second-order valence-electron chi connectivity index (χ2n) is 12.5. The molecule has 0 spiro atoms. The first-order valence-electron chi connectivity index (χ1n) is 15.2. The highest BCUT2D eigenvalue weighted by atomic mass is 79.9. The number of rotatable bonds is 5. The highest BCUT2D eigenvalue weighted by Crippen LogP contribution is 2.65. The molecule has 1 N–H and O–H groups in total. The van der Waals surface area contributed by atoms with Crippen molar-refractivity contribution >= 4 is 79.5 Å². The second kappa shape index (κ2) is 10.9. The molecule has 4 amide bonds. The first kappa shape index (κ1) is 31.1. The maximum absolute atomic E-state index is 14.4. The van der Waals surface area contributed by atoms with Gasteiger partial charge < -0.3 is 14.3 Å². The number of benzene rings is 3. The standard InChI is InChI=1S/C35H26BrCl2N3O7/c1-47-26-14-18(8-13-24(26)42)28-20-11-12-21-27(22(20)15-34(37)32(45)40(16-36)33(46)35(28,34)38)31(44)41(30(21)43)19-9-6-17(7-10-19)29-39-23-4-2-3-5-25(23)48-29/h2-11,13-14,21-22,27-28,42H,12,15-16H2,1H3. The van der Waals surface area contributed by atoms with E-state index < -0.39 is 51.1 Å². The normalized spacial score (nSPS) is 29.6. The van der Waals surface area contributed by atoms with E-state index in [-0.39, 0.29) is 35.7 Å². The molecule has 1 aromatic heterocycles. The summed E-state index contributed by atoms with van der Waals surface area (Å²) in [6.45, 7) is 0. The summed E-state index contributed by atoms with van der Waals surface area (Å²) in [4.78, 5) is 59.0. The molecule has 3 aromatic carbocycles. The van der Waals surface area contributed by atoms with Crippen LogP contribution < -0.4 is 9.64 Å². The van der Waals surface area contributed by atoms with Crippen LogP contribution in [0.4, 0.5) is 5.69 Å². The van der Waals surface area contributed by atoms with Gasteiger partial charge >= 0.3 is 0 Å². The largest absolute Gasteiger partial charge is 0.504 e. The minimum atomic E-state index is -1.96. The van der Waals surface area contributed by atoms with Crippen LogP contribution in [0.1, 0.15) is 24.3 Å². The van der Waals surface area contributed by atoms with Gasteiger partial charge in [-0.3, -0.25) is 29.0 Å². The van der Waals surface area contributed by atoms with Gasteiger partial charge in [-0.2, -0.15) is 0 Å². The van der Waals surface area contributed by atoms with E-state index in [0.29, 0.717) is 39.4 Å². The van der Waals surface area contributed by atoms with Gasteiger partial charge in [-0.15, -0.1) is 23.2 Å². The summed E-state index contributed by atoms with van der Waals surface area (Å²) < 4.78 is 11.2. The number of carbonyl (C=O) groups is 4. The van der Waals surface area contributed by atoms with Gasteiger partial charge in [0.25, 0.3) is 11.8 Å². The summed E-state index contributed by atoms with van der Waals surface area (Å²) in [5, 5.41) is 10.4. The van der Waals surface area contributed by atoms with Gasteiger partial charge in [0.15, 0.2) is 26.8 Å². The van der Waals surface area contributed by atoms with Crippen molar-refractivity contribution in [3.63, 3.8) is 0 Å². The number of likely N-dealkylation sites (tertiary alicyclic amines) is 1. The molecule has 1 saturated carbocycles. The fourth-order valence-corrected chi connectivity index (χ4v) is 9.43. The lowest BCUT2D eigenvalue weighted by molar-refractivity contribution is -0.138. The highest BCUT2D eigenvalue weighted by Gasteiger charge is 2.76. The lowest BCUT2D eigenvalue weighted by Crippen LogP contribution is -2.60. The summed E-state index contributed by atoms with van der Waals surface area (Å²) in [6.07, 6.45) is 1.95. The molecule has 3 fully saturated rings. The van der Waals surface area contributed by atoms with Gasteiger partial charge in [0.05, 0.1) is 30.1 Å². The van der Waals surface area contributed by atoms with Crippen LogP contribution in [0, 0.1) is 17.8 Å². The summed E-state index contributed by atoms with van der Waals surface area (Å²) in [7, 11) is 1.39. The monoisotopic (exact) mass is 749 g/mol. The summed E-state index contributed by atoms with van der Waals surface area (Å²) in [5.74, 6) is -4.94. The topological polar surface area (TPSA) is 130 Å². The van der Waals surface area contributed by atoms with Crippen LogP contribution in [0.15, 0.2) is 82.8 Å². The van der Waals surface area contributed by atoms with Gasteiger partial charge in [0.2, 0.25) is 17.7 Å². The van der Waals surface area contributed by atoms with E-state index in [2.05, 4.69) is 20.9 Å². The van der Waals surface area contributed by atoms with Crippen LogP contribution in [-0.2, 0) is 19.2 Å². The minimum absolute atomic E-state index is 0.125. The first-order valence-corrected chi connectivity index (χ1v) is 17.1. The highest BCUT2D eigenvalue weighted by molar-refractivity contribution is 9.09. The van der Waals surface area contributed by atoms with Gasteiger partial charge in [0.1, 0.15) is 5.52 Å². The predicted molar refractivity (Wildman–Crippen MR) is 180 cm³/mol. The molecule has 0 radical (unpaired) electrons. The Bertz CT molecular complexity index is 2070. The number of alkyl halides is 3. The fraction of sp³-hybridized carbons (Fsp3) is 0.286. The van der Waals surface area contributed by atoms with Crippen LogP contribution in [0.5, 0.6) is 11.5 Å². The Labute approximate surface area is 292 Å². The number of hydrogen-bond donors (Lipinski definition) is 1. The number of halogens is 3. The van der Waals surface area contributed by atoms with Crippen LogP contribution in [0.25, 0.3) is 22.6 Å². The number of methoxy groups -OCH3 is 1. The van der Waals surface area contributed by atoms with Crippen molar-refractivity contribution in [2.75, 3.05) is 17.5 Å². The Hall–Kier alpha value is -4.19. The van der Waals surface area contributed by atoms with E-state index in [1.54, 1.807) is 36.4 Å². The number of phenols is 1. The van der Waals surface area contributed by atoms with Crippen LogP contribution in [0.3, 0.4) is 0 Å². The Morgan fingerprint density at radius 3 is 2.46 bits per heavy atom. The van der Waals surface area contributed by atoms with Gasteiger partial charge in [-0.25, -0.2) is 4.98 Å². The number of oxazole rings is 1. The number of hydrogen-bond acceptors (Lipinski definition) is 8. The molecule has 13 heteroatoms. The average Bonchev–Trinajstić information content (AvgIpc) is 3.68. The van der Waals surface area contributed by atoms with E-state index in [1.165, 1.54) is 18.1 Å². The molecule has 3 heterocycles. The third kappa shape index (κ3) is 4.07. The molecule has 6 unspecified atom stereocenters. The molecule has 4 aliphatic rings. The maximum Gasteiger partial charge on any atom is 0.254 e. The molecular weight excluding hydrogens is 725 g/mol. The van der Waals surface area contributed by atoms with Crippen LogP contribution >= 0.6 is 39.1 Å². The number of fused-ring (bicyclic) bond motifs is 5. The number of anilines is 1. The Morgan fingerprint density at radius 2 is 1.75 bits per heavy atom. The van der Waals surface area contributed by atoms with Crippen molar-refractivity contribution in [3.8, 4) is 23.0 Å².